The van der Waals surface area contributed by atoms with Crippen LogP contribution < -0.4 is 10.6 Å². The summed E-state index contributed by atoms with van der Waals surface area (Å²) in [6, 6.07) is 8.96. The molecule has 4 nitrogen and oxygen atoms in total. The minimum Gasteiger partial charge on any atom is -0.348 e. The normalized spacial score (nSPS) is 25.7. The van der Waals surface area contributed by atoms with E-state index in [2.05, 4.69) is 15.6 Å². The first kappa shape index (κ1) is 15.4. The summed E-state index contributed by atoms with van der Waals surface area (Å²) in [7, 11) is 0. The zero-order valence-electron chi connectivity index (χ0n) is 12.3. The van der Waals surface area contributed by atoms with Gasteiger partial charge in [0.2, 0.25) is 0 Å². The van der Waals surface area contributed by atoms with Crippen molar-refractivity contribution in [3.05, 3.63) is 40.4 Å². The molecular formula is C16H16ClN3OS2. The van der Waals surface area contributed by atoms with Crippen molar-refractivity contribution in [3.8, 4) is 0 Å². The third-order valence-electron chi connectivity index (χ3n) is 4.39. The molecule has 2 bridgehead atoms. The number of nitrogens with zero attached hydrogens (tertiary/aromatic N) is 1. The van der Waals surface area contributed by atoms with Gasteiger partial charge in [-0.15, -0.1) is 11.3 Å². The van der Waals surface area contributed by atoms with E-state index in [4.69, 9.17) is 11.6 Å². The number of hydrogen-bond donors (Lipinski definition) is 2. The molecule has 1 amide bonds. The predicted octanol–water partition coefficient (Wildman–Crippen LogP) is 3.57. The summed E-state index contributed by atoms with van der Waals surface area (Å²) in [6.07, 6.45) is 3.46. The lowest BCUT2D eigenvalue weighted by Crippen LogP contribution is -2.42. The first-order valence-electron chi connectivity index (χ1n) is 7.63. The van der Waals surface area contributed by atoms with Crippen molar-refractivity contribution in [2.24, 2.45) is 0 Å². The van der Waals surface area contributed by atoms with Crippen LogP contribution in [0, 0.1) is 0 Å². The molecule has 0 radical (unpaired) electrons. The summed E-state index contributed by atoms with van der Waals surface area (Å²) in [6.45, 7) is 0. The van der Waals surface area contributed by atoms with Gasteiger partial charge in [-0.05, 0) is 43.5 Å². The monoisotopic (exact) mass is 365 g/mol. The molecular weight excluding hydrogens is 350 g/mol. The maximum atomic E-state index is 12.4. The average molecular weight is 366 g/mol. The zero-order chi connectivity index (χ0) is 15.8. The number of thiazole rings is 1. The molecule has 2 fully saturated rings. The van der Waals surface area contributed by atoms with Gasteiger partial charge in [-0.2, -0.15) is 0 Å². The number of hydrogen-bond acceptors (Lipinski definition) is 5. The lowest BCUT2D eigenvalue weighted by molar-refractivity contribution is 0.0931. The van der Waals surface area contributed by atoms with Gasteiger partial charge < -0.3 is 10.6 Å². The summed E-state index contributed by atoms with van der Waals surface area (Å²) in [5.74, 6) is 0.0122. The van der Waals surface area contributed by atoms with Crippen LogP contribution in [0.15, 0.2) is 38.9 Å². The quantitative estimate of drug-likeness (QED) is 0.869. The van der Waals surface area contributed by atoms with Gasteiger partial charge >= 0.3 is 0 Å². The predicted molar refractivity (Wildman–Crippen MR) is 93.5 cm³/mol. The van der Waals surface area contributed by atoms with Crippen LogP contribution in [0.2, 0.25) is 5.15 Å². The second kappa shape index (κ2) is 6.43. The Morgan fingerprint density at radius 3 is 2.78 bits per heavy atom. The first-order valence-corrected chi connectivity index (χ1v) is 9.70. The molecule has 4 rings (SSSR count). The second-order valence-electron chi connectivity index (χ2n) is 5.93. The molecule has 1 aromatic carbocycles. The van der Waals surface area contributed by atoms with Crippen molar-refractivity contribution in [2.75, 3.05) is 0 Å². The van der Waals surface area contributed by atoms with Crippen molar-refractivity contribution < 1.29 is 4.79 Å². The lowest BCUT2D eigenvalue weighted by Gasteiger charge is -2.21. The van der Waals surface area contributed by atoms with E-state index in [0.717, 1.165) is 15.7 Å². The standard InChI is InChI=1S/C16H16ClN3OS2/c17-14-8-22-16(20-14)23-11-4-1-9(2-5-11)15(21)19-13-7-10-3-6-12(13)18-10/h1-2,4-5,8,10,12-13,18H,3,6-7H2,(H,19,21)/t10-,12+,13-/m1/s1. The molecule has 0 spiro atoms. The molecule has 0 unspecified atom stereocenters. The molecule has 2 saturated heterocycles. The van der Waals surface area contributed by atoms with E-state index >= 15 is 0 Å². The number of halogens is 1. The summed E-state index contributed by atoms with van der Waals surface area (Å²) < 4.78 is 0.903. The Labute approximate surface area is 148 Å². The smallest absolute Gasteiger partial charge is 0.251 e. The van der Waals surface area contributed by atoms with Crippen LogP contribution in [-0.2, 0) is 0 Å². The summed E-state index contributed by atoms with van der Waals surface area (Å²) >= 11 is 8.90. The van der Waals surface area contributed by atoms with Gasteiger partial charge in [0, 0.05) is 34.0 Å². The van der Waals surface area contributed by atoms with Gasteiger partial charge in [-0.3, -0.25) is 4.79 Å². The number of carbonyl (C=O) groups is 1. The highest BCUT2D eigenvalue weighted by atomic mass is 35.5. The molecule has 3 heterocycles. The Hall–Kier alpha value is -1.08. The van der Waals surface area contributed by atoms with E-state index in [1.54, 1.807) is 11.8 Å². The number of fused-ring (bicyclic) bond motifs is 2. The highest BCUT2D eigenvalue weighted by Gasteiger charge is 2.39. The fourth-order valence-corrected chi connectivity index (χ4v) is 5.26. The van der Waals surface area contributed by atoms with Crippen LogP contribution in [0.25, 0.3) is 0 Å². The van der Waals surface area contributed by atoms with Crippen LogP contribution in [0.5, 0.6) is 0 Å². The topological polar surface area (TPSA) is 54.0 Å². The van der Waals surface area contributed by atoms with Crippen LogP contribution in [0.1, 0.15) is 29.6 Å². The average Bonchev–Trinajstić information content (AvgIpc) is 3.25. The highest BCUT2D eigenvalue weighted by Crippen LogP contribution is 2.32. The van der Waals surface area contributed by atoms with E-state index < -0.39 is 0 Å². The van der Waals surface area contributed by atoms with Crippen molar-refractivity contribution in [3.63, 3.8) is 0 Å². The number of carbonyl (C=O) groups excluding carboxylic acids is 1. The van der Waals surface area contributed by atoms with Gasteiger partial charge in [0.05, 0.1) is 0 Å². The zero-order valence-corrected chi connectivity index (χ0v) is 14.7. The maximum Gasteiger partial charge on any atom is 0.251 e. The summed E-state index contributed by atoms with van der Waals surface area (Å²) in [5.41, 5.74) is 0.703. The Balaban J connectivity index is 1.38. The molecule has 2 aliphatic rings. The molecule has 7 heteroatoms. The van der Waals surface area contributed by atoms with E-state index in [0.29, 0.717) is 22.8 Å². The minimum atomic E-state index is 0.0122. The largest absolute Gasteiger partial charge is 0.348 e. The molecule has 2 aromatic rings. The van der Waals surface area contributed by atoms with Crippen molar-refractivity contribution >= 4 is 40.6 Å². The van der Waals surface area contributed by atoms with Crippen LogP contribution in [-0.4, -0.2) is 29.0 Å². The van der Waals surface area contributed by atoms with Crippen molar-refractivity contribution in [1.29, 1.82) is 0 Å². The number of rotatable bonds is 4. The molecule has 2 aliphatic heterocycles. The van der Waals surface area contributed by atoms with Gasteiger partial charge in [-0.1, -0.05) is 23.4 Å². The van der Waals surface area contributed by atoms with Gasteiger partial charge in [-0.25, -0.2) is 4.98 Å². The molecule has 3 atom stereocenters. The third-order valence-corrected chi connectivity index (χ3v) is 6.66. The Kier molecular flexibility index (Phi) is 4.32. The van der Waals surface area contributed by atoms with Crippen LogP contribution >= 0.6 is 34.7 Å². The van der Waals surface area contributed by atoms with E-state index in [1.807, 2.05) is 29.6 Å². The lowest BCUT2D eigenvalue weighted by atomic mass is 9.95. The first-order chi connectivity index (χ1) is 11.2. The minimum absolute atomic E-state index is 0.0122. The molecule has 23 heavy (non-hydrogen) atoms. The number of nitrogens with one attached hydrogen (secondary N) is 2. The second-order valence-corrected chi connectivity index (χ2v) is 8.49. The maximum absolute atomic E-state index is 12.4. The van der Waals surface area contributed by atoms with Gasteiger partial charge in [0.25, 0.3) is 5.91 Å². The van der Waals surface area contributed by atoms with Crippen molar-refractivity contribution in [2.45, 2.75) is 46.6 Å². The summed E-state index contributed by atoms with van der Waals surface area (Å²) in [5, 5.41) is 9.04. The van der Waals surface area contributed by atoms with E-state index in [-0.39, 0.29) is 11.9 Å². The fraction of sp³-hybridized carbons (Fsp3) is 0.375. The van der Waals surface area contributed by atoms with E-state index in [9.17, 15) is 4.79 Å². The Bertz CT molecular complexity index is 718. The molecule has 1 aromatic heterocycles. The highest BCUT2D eigenvalue weighted by molar-refractivity contribution is 8.01. The third kappa shape index (κ3) is 3.40. The number of amides is 1. The molecule has 120 valence electrons. The van der Waals surface area contributed by atoms with E-state index in [1.165, 1.54) is 24.2 Å². The fourth-order valence-electron chi connectivity index (χ4n) is 3.30. The van der Waals surface area contributed by atoms with Gasteiger partial charge in [0.1, 0.15) is 5.15 Å². The van der Waals surface area contributed by atoms with Crippen LogP contribution in [0.4, 0.5) is 0 Å². The van der Waals surface area contributed by atoms with Crippen molar-refractivity contribution in [1.82, 2.24) is 15.6 Å². The number of benzene rings is 1. The Morgan fingerprint density at radius 2 is 2.17 bits per heavy atom. The van der Waals surface area contributed by atoms with Crippen LogP contribution in [0.3, 0.4) is 0 Å². The summed E-state index contributed by atoms with van der Waals surface area (Å²) in [4.78, 5) is 17.6. The molecule has 2 N–H and O–H groups in total. The molecule has 0 saturated carbocycles. The number of aromatic nitrogens is 1. The molecule has 0 aliphatic carbocycles. The SMILES string of the molecule is O=C(N[C@@H]1C[C@H]2CC[C@@H]1N2)c1ccc(Sc2nc(Cl)cs2)cc1. The van der Waals surface area contributed by atoms with Gasteiger partial charge in [0.15, 0.2) is 4.34 Å². The Morgan fingerprint density at radius 1 is 1.35 bits per heavy atom.